The van der Waals surface area contributed by atoms with Gasteiger partial charge < -0.3 is 10.1 Å². The van der Waals surface area contributed by atoms with Crippen LogP contribution in [0.25, 0.3) is 0 Å². The molecule has 1 unspecified atom stereocenters. The minimum atomic E-state index is 0.212. The molecule has 4 heteroatoms. The van der Waals surface area contributed by atoms with Crippen molar-refractivity contribution in [1.82, 2.24) is 10.3 Å². The van der Waals surface area contributed by atoms with Crippen molar-refractivity contribution < 1.29 is 4.74 Å². The van der Waals surface area contributed by atoms with Crippen LogP contribution in [0, 0.1) is 6.92 Å². The third kappa shape index (κ3) is 3.19. The maximum absolute atomic E-state index is 5.92. The summed E-state index contributed by atoms with van der Waals surface area (Å²) in [7, 11) is 0. The van der Waals surface area contributed by atoms with E-state index in [4.69, 9.17) is 4.74 Å². The fraction of sp³-hybridized carbons (Fsp3) is 0.312. The van der Waals surface area contributed by atoms with E-state index in [9.17, 15) is 0 Å². The SMILES string of the molecule is Cc1cccc(CNCC2Cc3cc(Br)ccc3O2)n1. The summed E-state index contributed by atoms with van der Waals surface area (Å²) in [5, 5.41) is 3.42. The molecule has 0 aliphatic carbocycles. The summed E-state index contributed by atoms with van der Waals surface area (Å²) in [5.74, 6) is 1.01. The topological polar surface area (TPSA) is 34.1 Å². The van der Waals surface area contributed by atoms with Crippen LogP contribution in [0.3, 0.4) is 0 Å². The minimum Gasteiger partial charge on any atom is -0.488 e. The summed E-state index contributed by atoms with van der Waals surface area (Å²) in [4.78, 5) is 4.48. The van der Waals surface area contributed by atoms with E-state index in [0.717, 1.165) is 41.1 Å². The zero-order chi connectivity index (χ0) is 13.9. The maximum Gasteiger partial charge on any atom is 0.123 e. The molecule has 2 heterocycles. The van der Waals surface area contributed by atoms with E-state index >= 15 is 0 Å². The van der Waals surface area contributed by atoms with Crippen LogP contribution in [0.4, 0.5) is 0 Å². The van der Waals surface area contributed by atoms with Crippen LogP contribution in [0.2, 0.25) is 0 Å². The summed E-state index contributed by atoms with van der Waals surface area (Å²) in [6.07, 6.45) is 1.17. The normalized spacial score (nSPS) is 16.8. The van der Waals surface area contributed by atoms with Crippen molar-refractivity contribution in [2.45, 2.75) is 26.0 Å². The Morgan fingerprint density at radius 3 is 3.10 bits per heavy atom. The first-order valence-electron chi connectivity index (χ1n) is 6.79. The van der Waals surface area contributed by atoms with Gasteiger partial charge in [0.2, 0.25) is 0 Å². The van der Waals surface area contributed by atoms with Crippen molar-refractivity contribution in [3.63, 3.8) is 0 Å². The zero-order valence-corrected chi connectivity index (χ0v) is 13.0. The predicted octanol–water partition coefficient (Wildman–Crippen LogP) is 3.25. The molecule has 104 valence electrons. The molecule has 2 aromatic rings. The second-order valence-corrected chi connectivity index (χ2v) is 6.01. The number of nitrogens with one attached hydrogen (secondary N) is 1. The number of benzene rings is 1. The smallest absolute Gasteiger partial charge is 0.123 e. The van der Waals surface area contributed by atoms with E-state index in [1.165, 1.54) is 5.56 Å². The molecule has 1 N–H and O–H groups in total. The standard InChI is InChI=1S/C16H17BrN2O/c1-11-3-2-4-14(19-11)9-18-10-15-8-12-7-13(17)5-6-16(12)20-15/h2-7,15,18H,8-10H2,1H3. The third-order valence-corrected chi connectivity index (χ3v) is 3.88. The van der Waals surface area contributed by atoms with Gasteiger partial charge in [0.25, 0.3) is 0 Å². The molecule has 0 saturated heterocycles. The Balaban J connectivity index is 1.51. The molecule has 0 amide bonds. The number of hydrogen-bond acceptors (Lipinski definition) is 3. The first-order chi connectivity index (χ1) is 9.70. The molecule has 1 atom stereocenters. The van der Waals surface area contributed by atoms with E-state index < -0.39 is 0 Å². The first-order valence-corrected chi connectivity index (χ1v) is 7.58. The van der Waals surface area contributed by atoms with Crippen LogP contribution in [-0.4, -0.2) is 17.6 Å². The first kappa shape index (κ1) is 13.6. The molecule has 3 nitrogen and oxygen atoms in total. The van der Waals surface area contributed by atoms with Crippen LogP contribution >= 0.6 is 15.9 Å². The van der Waals surface area contributed by atoms with Gasteiger partial charge in [-0.1, -0.05) is 22.0 Å². The Kier molecular flexibility index (Phi) is 4.03. The number of nitrogens with zero attached hydrogens (tertiary/aromatic N) is 1. The molecule has 20 heavy (non-hydrogen) atoms. The van der Waals surface area contributed by atoms with E-state index in [2.05, 4.69) is 32.3 Å². The van der Waals surface area contributed by atoms with Crippen molar-refractivity contribution in [3.05, 3.63) is 57.8 Å². The lowest BCUT2D eigenvalue weighted by Crippen LogP contribution is -2.30. The highest BCUT2D eigenvalue weighted by atomic mass is 79.9. The number of ether oxygens (including phenoxy) is 1. The summed E-state index contributed by atoms with van der Waals surface area (Å²) >= 11 is 3.50. The lowest BCUT2D eigenvalue weighted by Gasteiger charge is -2.11. The summed E-state index contributed by atoms with van der Waals surface area (Å²) in [6.45, 7) is 3.63. The molecule has 0 saturated carbocycles. The number of hydrogen-bond donors (Lipinski definition) is 1. The van der Waals surface area contributed by atoms with Gasteiger partial charge in [0.05, 0.1) is 5.69 Å². The van der Waals surface area contributed by atoms with Gasteiger partial charge in [-0.05, 0) is 42.8 Å². The van der Waals surface area contributed by atoms with Crippen LogP contribution in [0.15, 0.2) is 40.9 Å². The van der Waals surface area contributed by atoms with Crippen molar-refractivity contribution in [2.24, 2.45) is 0 Å². The van der Waals surface area contributed by atoms with Gasteiger partial charge in [-0.2, -0.15) is 0 Å². The van der Waals surface area contributed by atoms with E-state index in [0.29, 0.717) is 0 Å². The van der Waals surface area contributed by atoms with Crippen LogP contribution in [-0.2, 0) is 13.0 Å². The van der Waals surface area contributed by atoms with Gasteiger partial charge in [0, 0.05) is 29.7 Å². The number of aryl methyl sites for hydroxylation is 1. The highest BCUT2D eigenvalue weighted by Crippen LogP contribution is 2.30. The van der Waals surface area contributed by atoms with Crippen LogP contribution in [0.1, 0.15) is 17.0 Å². The predicted molar refractivity (Wildman–Crippen MR) is 82.9 cm³/mol. The number of pyridine rings is 1. The Morgan fingerprint density at radius 1 is 1.35 bits per heavy atom. The fourth-order valence-electron chi connectivity index (χ4n) is 2.46. The molecular weight excluding hydrogens is 316 g/mol. The molecule has 0 fully saturated rings. The van der Waals surface area contributed by atoms with Gasteiger partial charge in [0.1, 0.15) is 11.9 Å². The Labute approximate surface area is 127 Å². The summed E-state index contributed by atoms with van der Waals surface area (Å²) in [5.41, 5.74) is 3.40. The van der Waals surface area contributed by atoms with Crippen molar-refractivity contribution in [2.75, 3.05) is 6.54 Å². The fourth-order valence-corrected chi connectivity index (χ4v) is 2.87. The van der Waals surface area contributed by atoms with Gasteiger partial charge in [0.15, 0.2) is 0 Å². The Morgan fingerprint density at radius 2 is 2.25 bits per heavy atom. The molecule has 1 aromatic carbocycles. The highest BCUT2D eigenvalue weighted by molar-refractivity contribution is 9.10. The minimum absolute atomic E-state index is 0.212. The second-order valence-electron chi connectivity index (χ2n) is 5.10. The average Bonchev–Trinajstić information content (AvgIpc) is 2.80. The van der Waals surface area contributed by atoms with Crippen molar-refractivity contribution in [1.29, 1.82) is 0 Å². The van der Waals surface area contributed by atoms with Gasteiger partial charge in [-0.3, -0.25) is 4.98 Å². The summed E-state index contributed by atoms with van der Waals surface area (Å²) in [6, 6.07) is 12.3. The molecule has 0 radical (unpaired) electrons. The van der Waals surface area contributed by atoms with Crippen LogP contribution < -0.4 is 10.1 Å². The van der Waals surface area contributed by atoms with Gasteiger partial charge in [-0.25, -0.2) is 0 Å². The van der Waals surface area contributed by atoms with E-state index in [1.54, 1.807) is 0 Å². The largest absolute Gasteiger partial charge is 0.488 e. The quantitative estimate of drug-likeness (QED) is 0.933. The average molecular weight is 333 g/mol. The monoisotopic (exact) mass is 332 g/mol. The highest BCUT2D eigenvalue weighted by Gasteiger charge is 2.22. The lowest BCUT2D eigenvalue weighted by atomic mass is 10.1. The number of halogens is 1. The number of fused-ring (bicyclic) bond motifs is 1. The van der Waals surface area contributed by atoms with Crippen molar-refractivity contribution >= 4 is 15.9 Å². The molecule has 0 spiro atoms. The number of rotatable bonds is 4. The van der Waals surface area contributed by atoms with Gasteiger partial charge in [-0.15, -0.1) is 0 Å². The van der Waals surface area contributed by atoms with Gasteiger partial charge >= 0.3 is 0 Å². The van der Waals surface area contributed by atoms with E-state index in [1.807, 2.05) is 37.3 Å². The molecule has 1 aliphatic rings. The molecule has 3 rings (SSSR count). The molecule has 1 aromatic heterocycles. The van der Waals surface area contributed by atoms with E-state index in [-0.39, 0.29) is 6.10 Å². The lowest BCUT2D eigenvalue weighted by molar-refractivity contribution is 0.227. The molecular formula is C16H17BrN2O. The Bertz CT molecular complexity index is 615. The second kappa shape index (κ2) is 5.94. The number of aromatic nitrogens is 1. The summed E-state index contributed by atoms with van der Waals surface area (Å²) < 4.78 is 7.03. The zero-order valence-electron chi connectivity index (χ0n) is 11.4. The third-order valence-electron chi connectivity index (χ3n) is 3.39. The maximum atomic E-state index is 5.92. The molecule has 1 aliphatic heterocycles. The van der Waals surface area contributed by atoms with Crippen LogP contribution in [0.5, 0.6) is 5.75 Å². The van der Waals surface area contributed by atoms with Crippen molar-refractivity contribution in [3.8, 4) is 5.75 Å². The Hall–Kier alpha value is -1.39. The molecule has 0 bridgehead atoms.